The number of para-hydroxylation sites is 2. The number of hydrogen-bond donors (Lipinski definition) is 2. The van der Waals surface area contributed by atoms with Crippen LogP contribution in [0.25, 0.3) is 21.9 Å². The lowest BCUT2D eigenvalue weighted by Crippen LogP contribution is -2.21. The molecule has 0 saturated carbocycles. The number of benzene rings is 3. The third-order valence-corrected chi connectivity index (χ3v) is 5.76. The third-order valence-electron chi connectivity index (χ3n) is 5.76. The van der Waals surface area contributed by atoms with E-state index in [9.17, 15) is 33.0 Å². The van der Waals surface area contributed by atoms with E-state index >= 15 is 0 Å². The number of halogens is 3. The van der Waals surface area contributed by atoms with Crippen molar-refractivity contribution in [3.63, 3.8) is 0 Å². The molecule has 0 radical (unpaired) electrons. The van der Waals surface area contributed by atoms with Gasteiger partial charge in [-0.25, -0.2) is 9.59 Å². The van der Waals surface area contributed by atoms with Gasteiger partial charge in [0, 0.05) is 0 Å². The highest BCUT2D eigenvalue weighted by molar-refractivity contribution is 5.86. The summed E-state index contributed by atoms with van der Waals surface area (Å²) in [6.45, 7) is 0. The Balaban J connectivity index is 1.91. The molecule has 0 aliphatic carbocycles. The van der Waals surface area contributed by atoms with E-state index < -0.39 is 51.5 Å². The van der Waals surface area contributed by atoms with Gasteiger partial charge in [0.05, 0.1) is 33.4 Å². The van der Waals surface area contributed by atoms with E-state index in [0.29, 0.717) is 0 Å². The summed E-state index contributed by atoms with van der Waals surface area (Å²) >= 11 is 0. The minimum atomic E-state index is -4.73. The lowest BCUT2D eigenvalue weighted by Gasteiger charge is -2.20. The van der Waals surface area contributed by atoms with Crippen LogP contribution in [0.4, 0.5) is 13.2 Å². The van der Waals surface area contributed by atoms with Crippen LogP contribution in [0.3, 0.4) is 0 Å². The number of hydrogen-bond acceptors (Lipinski definition) is 6. The summed E-state index contributed by atoms with van der Waals surface area (Å²) in [6, 6.07) is 15.9. The summed E-state index contributed by atoms with van der Waals surface area (Å²) in [5.74, 6) is -2.82. The first-order valence-corrected chi connectivity index (χ1v) is 10.3. The van der Waals surface area contributed by atoms with Gasteiger partial charge in [-0.2, -0.15) is 13.2 Å². The van der Waals surface area contributed by atoms with Crippen molar-refractivity contribution in [1.82, 2.24) is 0 Å². The Labute approximate surface area is 194 Å². The van der Waals surface area contributed by atoms with Gasteiger partial charge in [0.2, 0.25) is 0 Å². The third kappa shape index (κ3) is 3.71. The maximum absolute atomic E-state index is 13.5. The van der Waals surface area contributed by atoms with Crippen LogP contribution in [0, 0.1) is 0 Å². The van der Waals surface area contributed by atoms with Gasteiger partial charge in [-0.05, 0) is 35.9 Å². The van der Waals surface area contributed by atoms with Crippen LogP contribution in [0.2, 0.25) is 0 Å². The predicted molar refractivity (Wildman–Crippen MR) is 121 cm³/mol. The van der Waals surface area contributed by atoms with Crippen molar-refractivity contribution in [3.05, 3.63) is 116 Å². The number of rotatable bonds is 3. The van der Waals surface area contributed by atoms with Crippen molar-refractivity contribution < 1.29 is 32.2 Å². The highest BCUT2D eigenvalue weighted by Gasteiger charge is 2.35. The largest absolute Gasteiger partial charge is 0.507 e. The van der Waals surface area contributed by atoms with Gasteiger partial charge < -0.3 is 19.0 Å². The van der Waals surface area contributed by atoms with Crippen LogP contribution in [-0.4, -0.2) is 10.2 Å². The van der Waals surface area contributed by atoms with Crippen LogP contribution >= 0.6 is 0 Å². The standard InChI is InChI=1S/C26H15F3O6/c27-26(28,29)14-7-5-6-13(12-14)19(20-22(30)15-8-1-3-10-17(15)34-24(20)32)21-23(31)16-9-2-4-11-18(16)35-25(21)33/h1-12,19,30-31H. The molecule has 0 atom stereocenters. The van der Waals surface area contributed by atoms with Gasteiger partial charge in [0.1, 0.15) is 22.7 Å². The number of alkyl halides is 3. The number of aromatic hydroxyl groups is 2. The molecule has 0 aliphatic heterocycles. The predicted octanol–water partition coefficient (Wildman–Crippen LogP) is 5.51. The van der Waals surface area contributed by atoms with Gasteiger partial charge in [-0.3, -0.25) is 0 Å². The zero-order valence-corrected chi connectivity index (χ0v) is 17.7. The highest BCUT2D eigenvalue weighted by atomic mass is 19.4. The molecular formula is C26H15F3O6. The van der Waals surface area contributed by atoms with Crippen molar-refractivity contribution in [2.45, 2.75) is 12.1 Å². The maximum Gasteiger partial charge on any atom is 0.416 e. The second-order valence-electron chi connectivity index (χ2n) is 7.85. The fourth-order valence-electron chi connectivity index (χ4n) is 4.18. The molecule has 3 aromatic carbocycles. The first-order valence-electron chi connectivity index (χ1n) is 10.3. The molecule has 2 N–H and O–H groups in total. The van der Waals surface area contributed by atoms with E-state index in [0.717, 1.165) is 18.2 Å². The van der Waals surface area contributed by atoms with Crippen molar-refractivity contribution >= 4 is 21.9 Å². The lowest BCUT2D eigenvalue weighted by molar-refractivity contribution is -0.137. The maximum atomic E-state index is 13.5. The van der Waals surface area contributed by atoms with E-state index in [1.165, 1.54) is 30.3 Å². The van der Waals surface area contributed by atoms with Gasteiger partial charge in [0.15, 0.2) is 0 Å². The molecule has 2 heterocycles. The van der Waals surface area contributed by atoms with Crippen molar-refractivity contribution in [3.8, 4) is 11.5 Å². The SMILES string of the molecule is O=c1oc2ccccc2c(O)c1C(c1cccc(C(F)(F)F)c1)c1c(O)c2ccccc2oc1=O. The molecule has 9 heteroatoms. The number of fused-ring (bicyclic) bond motifs is 2. The molecule has 2 aromatic heterocycles. The molecule has 176 valence electrons. The van der Waals surface area contributed by atoms with Gasteiger partial charge in [0.25, 0.3) is 0 Å². The molecular weight excluding hydrogens is 465 g/mol. The second kappa shape index (κ2) is 8.05. The zero-order chi connectivity index (χ0) is 24.9. The van der Waals surface area contributed by atoms with Crippen LogP contribution in [0.1, 0.15) is 28.2 Å². The van der Waals surface area contributed by atoms with E-state index in [4.69, 9.17) is 8.83 Å². The summed E-state index contributed by atoms with van der Waals surface area (Å²) in [6.07, 6.45) is -4.73. The molecule has 0 spiro atoms. The van der Waals surface area contributed by atoms with Crippen molar-refractivity contribution in [2.75, 3.05) is 0 Å². The van der Waals surface area contributed by atoms with Gasteiger partial charge in [-0.15, -0.1) is 0 Å². The molecule has 0 amide bonds. The minimum absolute atomic E-state index is 0.0383. The summed E-state index contributed by atoms with van der Waals surface area (Å²) < 4.78 is 51.2. The molecule has 6 nitrogen and oxygen atoms in total. The van der Waals surface area contributed by atoms with E-state index in [-0.39, 0.29) is 27.5 Å². The summed E-state index contributed by atoms with van der Waals surface area (Å²) in [5.41, 5.74) is -4.36. The van der Waals surface area contributed by atoms with Crippen molar-refractivity contribution in [1.29, 1.82) is 0 Å². The van der Waals surface area contributed by atoms with Gasteiger partial charge in [-0.1, -0.05) is 42.5 Å². The fraction of sp³-hybridized carbons (Fsp3) is 0.0769. The molecule has 0 unspecified atom stereocenters. The zero-order valence-electron chi connectivity index (χ0n) is 17.7. The quantitative estimate of drug-likeness (QED) is 0.330. The Hall–Kier alpha value is -4.53. The first-order chi connectivity index (χ1) is 16.7. The molecule has 0 aliphatic rings. The van der Waals surface area contributed by atoms with E-state index in [2.05, 4.69) is 0 Å². The Morgan fingerprint density at radius 2 is 1.17 bits per heavy atom. The Bertz CT molecular complexity index is 1620. The fourth-order valence-corrected chi connectivity index (χ4v) is 4.18. The minimum Gasteiger partial charge on any atom is -0.507 e. The van der Waals surface area contributed by atoms with E-state index in [1.54, 1.807) is 24.3 Å². The topological polar surface area (TPSA) is 101 Å². The average molecular weight is 480 g/mol. The normalized spacial score (nSPS) is 12.0. The van der Waals surface area contributed by atoms with Crippen LogP contribution in [0.15, 0.2) is 91.2 Å². The molecule has 5 aromatic rings. The monoisotopic (exact) mass is 480 g/mol. The molecule has 5 rings (SSSR count). The molecule has 35 heavy (non-hydrogen) atoms. The smallest absolute Gasteiger partial charge is 0.416 e. The summed E-state index contributed by atoms with van der Waals surface area (Å²) in [7, 11) is 0. The molecule has 0 fully saturated rings. The van der Waals surface area contributed by atoms with Crippen molar-refractivity contribution in [2.24, 2.45) is 0 Å². The first kappa shape index (κ1) is 22.3. The lowest BCUT2D eigenvalue weighted by atomic mass is 9.84. The van der Waals surface area contributed by atoms with E-state index in [1.807, 2.05) is 0 Å². The summed E-state index contributed by atoms with van der Waals surface area (Å²) in [5, 5.41) is 22.3. The Morgan fingerprint density at radius 3 is 1.66 bits per heavy atom. The summed E-state index contributed by atoms with van der Waals surface area (Å²) in [4.78, 5) is 26.1. The highest BCUT2D eigenvalue weighted by Crippen LogP contribution is 2.43. The van der Waals surface area contributed by atoms with Crippen LogP contribution in [0.5, 0.6) is 11.5 Å². The van der Waals surface area contributed by atoms with Crippen LogP contribution in [-0.2, 0) is 6.18 Å². The Morgan fingerprint density at radius 1 is 0.686 bits per heavy atom. The molecule has 0 saturated heterocycles. The van der Waals surface area contributed by atoms with Crippen LogP contribution < -0.4 is 11.3 Å². The second-order valence-corrected chi connectivity index (χ2v) is 7.85. The Kier molecular flexibility index (Phi) is 5.12. The average Bonchev–Trinajstić information content (AvgIpc) is 2.82. The van der Waals surface area contributed by atoms with Gasteiger partial charge >= 0.3 is 17.4 Å². The molecule has 0 bridgehead atoms.